The van der Waals surface area contributed by atoms with Crippen LogP contribution < -0.4 is 9.62 Å². The fourth-order valence-corrected chi connectivity index (χ4v) is 3.40. The molecule has 0 aromatic heterocycles. The minimum Gasteiger partial charge on any atom is -0.352 e. The summed E-state index contributed by atoms with van der Waals surface area (Å²) in [4.78, 5) is 12.2. The molecule has 0 fully saturated rings. The summed E-state index contributed by atoms with van der Waals surface area (Å²) < 4.78 is 24.2. The van der Waals surface area contributed by atoms with Gasteiger partial charge in [-0.2, -0.15) is 0 Å². The Morgan fingerprint density at radius 1 is 1.33 bits per heavy atom. The number of hydrogen-bond acceptors (Lipinski definition) is 3. The Hall–Kier alpha value is -1.53. The maximum atomic E-state index is 12.2. The number of nitrogens with one attached hydrogen (secondary N) is 1. The molecule has 7 heteroatoms. The lowest BCUT2D eigenvalue weighted by molar-refractivity contribution is 0.0954. The molecule has 1 aliphatic rings. The molecule has 0 heterocycles. The van der Waals surface area contributed by atoms with Gasteiger partial charge >= 0.3 is 0 Å². The van der Waals surface area contributed by atoms with Crippen LogP contribution in [0.15, 0.2) is 29.8 Å². The zero-order valence-corrected chi connectivity index (χ0v) is 15.6. The lowest BCUT2D eigenvalue weighted by Gasteiger charge is -2.17. The molecule has 0 unspecified atom stereocenters. The Balaban J connectivity index is 1.98. The Kier molecular flexibility index (Phi) is 6.29. The number of amides is 1. The highest BCUT2D eigenvalue weighted by molar-refractivity contribution is 7.92. The topological polar surface area (TPSA) is 66.5 Å². The molecule has 1 aliphatic carbocycles. The first-order valence-electron chi connectivity index (χ1n) is 7.98. The first-order chi connectivity index (χ1) is 11.3. The van der Waals surface area contributed by atoms with Crippen LogP contribution in [0, 0.1) is 0 Å². The van der Waals surface area contributed by atoms with Gasteiger partial charge in [-0.3, -0.25) is 9.10 Å². The van der Waals surface area contributed by atoms with E-state index in [-0.39, 0.29) is 10.9 Å². The van der Waals surface area contributed by atoms with Crippen molar-refractivity contribution in [2.24, 2.45) is 0 Å². The highest BCUT2D eigenvalue weighted by Gasteiger charge is 2.16. The lowest BCUT2D eigenvalue weighted by atomic mass is 9.97. The molecule has 0 atom stereocenters. The van der Waals surface area contributed by atoms with Crippen LogP contribution in [0.5, 0.6) is 0 Å². The summed E-state index contributed by atoms with van der Waals surface area (Å²) in [7, 11) is -1.92. The minimum absolute atomic E-state index is 0.234. The third-order valence-electron chi connectivity index (χ3n) is 4.18. The maximum absolute atomic E-state index is 12.2. The summed E-state index contributed by atoms with van der Waals surface area (Å²) in [5.74, 6) is -0.245. The zero-order chi connectivity index (χ0) is 17.7. The molecule has 132 valence electrons. The summed E-state index contributed by atoms with van der Waals surface area (Å²) in [6.45, 7) is 0.575. The molecule has 1 aromatic carbocycles. The average molecular weight is 371 g/mol. The Morgan fingerprint density at radius 2 is 2.08 bits per heavy atom. The van der Waals surface area contributed by atoms with Gasteiger partial charge in [0.05, 0.1) is 22.5 Å². The fraction of sp³-hybridized carbons (Fsp3) is 0.471. The Labute approximate surface area is 148 Å². The van der Waals surface area contributed by atoms with E-state index in [4.69, 9.17) is 11.6 Å². The highest BCUT2D eigenvalue weighted by atomic mass is 35.5. The third-order valence-corrected chi connectivity index (χ3v) is 5.69. The lowest BCUT2D eigenvalue weighted by Crippen LogP contribution is -2.26. The number of sulfonamides is 1. The van der Waals surface area contributed by atoms with Crippen LogP contribution in [0.25, 0.3) is 0 Å². The maximum Gasteiger partial charge on any atom is 0.252 e. The van der Waals surface area contributed by atoms with Crippen molar-refractivity contribution in [3.8, 4) is 0 Å². The predicted molar refractivity (Wildman–Crippen MR) is 98.2 cm³/mol. The molecule has 2 rings (SSSR count). The van der Waals surface area contributed by atoms with Gasteiger partial charge in [-0.15, -0.1) is 0 Å². The summed E-state index contributed by atoms with van der Waals surface area (Å²) in [5, 5.41) is 3.10. The van der Waals surface area contributed by atoms with E-state index in [9.17, 15) is 13.2 Å². The number of carbonyl (C=O) groups excluding carboxylic acids is 1. The number of hydrogen-bond donors (Lipinski definition) is 1. The number of halogens is 1. The van der Waals surface area contributed by atoms with Crippen LogP contribution in [0.1, 0.15) is 42.5 Å². The molecule has 24 heavy (non-hydrogen) atoms. The van der Waals surface area contributed by atoms with E-state index >= 15 is 0 Å². The molecule has 1 aromatic rings. The molecule has 5 nitrogen and oxygen atoms in total. The molecule has 0 saturated carbocycles. The van der Waals surface area contributed by atoms with Gasteiger partial charge in [-0.1, -0.05) is 23.3 Å². The molecule has 0 radical (unpaired) electrons. The van der Waals surface area contributed by atoms with Crippen molar-refractivity contribution in [1.29, 1.82) is 0 Å². The minimum atomic E-state index is -3.36. The van der Waals surface area contributed by atoms with Crippen LogP contribution >= 0.6 is 11.6 Å². The van der Waals surface area contributed by atoms with E-state index in [1.54, 1.807) is 12.1 Å². The average Bonchev–Trinajstić information content (AvgIpc) is 2.54. The van der Waals surface area contributed by atoms with Crippen molar-refractivity contribution in [3.63, 3.8) is 0 Å². The molecule has 0 aliphatic heterocycles. The van der Waals surface area contributed by atoms with Crippen LogP contribution in [0.3, 0.4) is 0 Å². The molecule has 0 spiro atoms. The van der Waals surface area contributed by atoms with E-state index < -0.39 is 10.0 Å². The normalized spacial score (nSPS) is 14.9. The summed E-state index contributed by atoms with van der Waals surface area (Å²) >= 11 is 6.15. The van der Waals surface area contributed by atoms with Crippen molar-refractivity contribution < 1.29 is 13.2 Å². The second-order valence-corrected chi connectivity index (χ2v) is 8.43. The summed E-state index contributed by atoms with van der Waals surface area (Å²) in [6.07, 6.45) is 8.95. The molecule has 0 bridgehead atoms. The van der Waals surface area contributed by atoms with Crippen LogP contribution in [0.4, 0.5) is 5.69 Å². The van der Waals surface area contributed by atoms with E-state index in [1.165, 1.54) is 31.5 Å². The van der Waals surface area contributed by atoms with Gasteiger partial charge in [0.15, 0.2) is 0 Å². The van der Waals surface area contributed by atoms with Crippen molar-refractivity contribution in [3.05, 3.63) is 40.4 Å². The van der Waals surface area contributed by atoms with E-state index in [0.29, 0.717) is 17.8 Å². The first-order valence-corrected chi connectivity index (χ1v) is 10.2. The van der Waals surface area contributed by atoms with Gasteiger partial charge in [-0.25, -0.2) is 8.42 Å². The van der Waals surface area contributed by atoms with Crippen LogP contribution in [0.2, 0.25) is 5.02 Å². The number of anilines is 1. The number of rotatable bonds is 6. The summed E-state index contributed by atoms with van der Waals surface area (Å²) in [6, 6.07) is 4.61. The summed E-state index contributed by atoms with van der Waals surface area (Å²) in [5.41, 5.74) is 2.17. The monoisotopic (exact) mass is 370 g/mol. The van der Waals surface area contributed by atoms with Gasteiger partial charge in [-0.05, 0) is 50.3 Å². The van der Waals surface area contributed by atoms with Gasteiger partial charge < -0.3 is 5.32 Å². The van der Waals surface area contributed by atoms with Gasteiger partial charge in [0, 0.05) is 13.6 Å². The quantitative estimate of drug-likeness (QED) is 0.781. The molecular weight excluding hydrogens is 348 g/mol. The standard InChI is InChI=1S/C17H23ClN2O3S/c1-20(24(2,22)23)14-8-9-15(16(18)12-14)17(21)19-11-10-13-6-4-3-5-7-13/h6,8-9,12H,3-5,7,10-11H2,1-2H3,(H,19,21). The Morgan fingerprint density at radius 3 is 2.67 bits per heavy atom. The molecule has 0 saturated heterocycles. The number of carbonyl (C=O) groups is 1. The van der Waals surface area contributed by atoms with E-state index in [0.717, 1.165) is 29.8 Å². The SMILES string of the molecule is CN(c1ccc(C(=O)NCCC2=CCCCC2)c(Cl)c1)S(C)(=O)=O. The van der Waals surface area contributed by atoms with Crippen molar-refractivity contribution in [1.82, 2.24) is 5.32 Å². The predicted octanol–water partition coefficient (Wildman–Crippen LogP) is 3.36. The van der Waals surface area contributed by atoms with Crippen molar-refractivity contribution >= 4 is 33.2 Å². The number of allylic oxidation sites excluding steroid dienone is 1. The smallest absolute Gasteiger partial charge is 0.252 e. The second-order valence-electron chi connectivity index (χ2n) is 6.01. The Bertz CT molecular complexity index is 744. The van der Waals surface area contributed by atoms with Gasteiger partial charge in [0.25, 0.3) is 5.91 Å². The number of nitrogens with zero attached hydrogens (tertiary/aromatic N) is 1. The first kappa shape index (κ1) is 18.8. The third kappa shape index (κ3) is 4.98. The van der Waals surface area contributed by atoms with Crippen molar-refractivity contribution in [2.75, 3.05) is 24.2 Å². The zero-order valence-electron chi connectivity index (χ0n) is 14.0. The van der Waals surface area contributed by atoms with E-state index in [2.05, 4.69) is 11.4 Å². The van der Waals surface area contributed by atoms with E-state index in [1.807, 2.05) is 0 Å². The van der Waals surface area contributed by atoms with Crippen LogP contribution in [-0.2, 0) is 10.0 Å². The molecular formula is C17H23ClN2O3S. The highest BCUT2D eigenvalue weighted by Crippen LogP contribution is 2.24. The van der Waals surface area contributed by atoms with Crippen molar-refractivity contribution in [2.45, 2.75) is 32.1 Å². The second kappa shape index (κ2) is 8.03. The van der Waals surface area contributed by atoms with Gasteiger partial charge in [0.2, 0.25) is 10.0 Å². The largest absolute Gasteiger partial charge is 0.352 e. The molecule has 1 amide bonds. The van der Waals surface area contributed by atoms with Crippen LogP contribution in [-0.4, -0.2) is 34.2 Å². The fourth-order valence-electron chi connectivity index (χ4n) is 2.64. The number of benzene rings is 1. The van der Waals surface area contributed by atoms with Gasteiger partial charge in [0.1, 0.15) is 0 Å². The molecule has 1 N–H and O–H groups in total.